The number of aromatic amines is 1. The minimum atomic E-state index is -0.300. The number of nitrogens with zero attached hydrogens (tertiary/aromatic N) is 5. The number of hydrogen-bond acceptors (Lipinski definition) is 5. The van der Waals surface area contributed by atoms with E-state index in [0.717, 1.165) is 18.5 Å². The maximum absolute atomic E-state index is 12.9. The summed E-state index contributed by atoms with van der Waals surface area (Å²) in [5.74, 6) is 0.990. The number of amides is 3. The second kappa shape index (κ2) is 12.3. The van der Waals surface area contributed by atoms with Gasteiger partial charge in [0.25, 0.3) is 5.91 Å². The van der Waals surface area contributed by atoms with Gasteiger partial charge in [0.1, 0.15) is 11.5 Å². The third-order valence-corrected chi connectivity index (χ3v) is 6.96. The minimum absolute atomic E-state index is 0.114. The van der Waals surface area contributed by atoms with Crippen LogP contribution in [-0.2, 0) is 16.1 Å². The van der Waals surface area contributed by atoms with Crippen LogP contribution in [0.5, 0.6) is 0 Å². The van der Waals surface area contributed by atoms with Crippen LogP contribution in [0.3, 0.4) is 0 Å². The quantitative estimate of drug-likeness (QED) is 0.380. The van der Waals surface area contributed by atoms with E-state index in [1.54, 1.807) is 6.20 Å². The molecular weight excluding hydrogens is 494 g/mol. The van der Waals surface area contributed by atoms with Crippen molar-refractivity contribution in [2.45, 2.75) is 66.3 Å². The number of imidazole rings is 1. The van der Waals surface area contributed by atoms with Gasteiger partial charge in [-0.05, 0) is 36.5 Å². The van der Waals surface area contributed by atoms with Gasteiger partial charge in [0, 0.05) is 57.3 Å². The van der Waals surface area contributed by atoms with Gasteiger partial charge in [-0.15, -0.1) is 0 Å². The Morgan fingerprint density at radius 2 is 1.92 bits per heavy atom. The van der Waals surface area contributed by atoms with Gasteiger partial charge >= 0.3 is 0 Å². The molecule has 0 radical (unpaired) electrons. The molecule has 208 valence electrons. The molecule has 4 rings (SSSR count). The Labute approximate surface area is 229 Å². The Balaban J connectivity index is 1.51. The number of anilines is 2. The van der Waals surface area contributed by atoms with E-state index in [2.05, 4.69) is 46.4 Å². The first-order chi connectivity index (χ1) is 18.7. The lowest BCUT2D eigenvalue weighted by Gasteiger charge is -2.18. The fraction of sp³-hybridized carbons (Fsp3) is 0.483. The number of carbonyl (C=O) groups excluding carboxylic acids is 3. The highest BCUT2D eigenvalue weighted by Crippen LogP contribution is 2.29. The molecule has 1 fully saturated rings. The van der Waals surface area contributed by atoms with Gasteiger partial charge in [0.15, 0.2) is 5.82 Å². The molecule has 1 aliphatic heterocycles. The molecule has 0 aliphatic carbocycles. The zero-order valence-corrected chi connectivity index (χ0v) is 23.5. The first-order valence-corrected chi connectivity index (χ1v) is 13.8. The zero-order chi connectivity index (χ0) is 28.1. The predicted molar refractivity (Wildman–Crippen MR) is 152 cm³/mol. The normalized spacial score (nSPS) is 15.3. The van der Waals surface area contributed by atoms with Crippen LogP contribution < -0.4 is 15.1 Å². The molecule has 2 N–H and O–H groups in total. The average molecular weight is 534 g/mol. The molecule has 1 aromatic carbocycles. The van der Waals surface area contributed by atoms with E-state index in [-0.39, 0.29) is 29.3 Å². The molecule has 1 saturated heterocycles. The van der Waals surface area contributed by atoms with E-state index in [1.807, 2.05) is 41.8 Å². The summed E-state index contributed by atoms with van der Waals surface area (Å²) in [6, 6.07) is 8.21. The molecule has 10 nitrogen and oxygen atoms in total. The van der Waals surface area contributed by atoms with Crippen LogP contribution in [0, 0.1) is 5.92 Å². The van der Waals surface area contributed by atoms with Crippen molar-refractivity contribution in [1.82, 2.24) is 25.1 Å². The monoisotopic (exact) mass is 533 g/mol. The van der Waals surface area contributed by atoms with Crippen LogP contribution >= 0.6 is 0 Å². The van der Waals surface area contributed by atoms with Crippen molar-refractivity contribution in [1.29, 1.82) is 0 Å². The summed E-state index contributed by atoms with van der Waals surface area (Å²) in [4.78, 5) is 49.2. The van der Waals surface area contributed by atoms with Crippen LogP contribution in [0.2, 0.25) is 0 Å². The SMILES string of the molecule is CCCNC(=O)c1[nH]c(-c2cnn(CC3CC(=O)N(c4ccc(C(C)C)cc4)C3)c2)nc1N(CCC)C(C)=O. The number of H-pyrrole nitrogens is 1. The molecule has 0 bridgehead atoms. The summed E-state index contributed by atoms with van der Waals surface area (Å²) in [5.41, 5.74) is 3.14. The van der Waals surface area contributed by atoms with E-state index < -0.39 is 0 Å². The average Bonchev–Trinajstić information content (AvgIpc) is 3.64. The third-order valence-electron chi connectivity index (χ3n) is 6.96. The molecule has 3 heterocycles. The van der Waals surface area contributed by atoms with Crippen molar-refractivity contribution in [3.05, 3.63) is 47.9 Å². The summed E-state index contributed by atoms with van der Waals surface area (Å²) in [6.45, 7) is 11.9. The molecule has 3 aromatic rings. The van der Waals surface area contributed by atoms with Crippen LogP contribution in [0.15, 0.2) is 36.7 Å². The summed E-state index contributed by atoms with van der Waals surface area (Å²) < 4.78 is 1.81. The fourth-order valence-electron chi connectivity index (χ4n) is 4.86. The van der Waals surface area contributed by atoms with Gasteiger partial charge in [-0.25, -0.2) is 4.98 Å². The minimum Gasteiger partial charge on any atom is -0.351 e. The number of benzene rings is 1. The Morgan fingerprint density at radius 1 is 1.18 bits per heavy atom. The highest BCUT2D eigenvalue weighted by atomic mass is 16.2. The Kier molecular flexibility index (Phi) is 8.83. The van der Waals surface area contributed by atoms with Crippen molar-refractivity contribution < 1.29 is 14.4 Å². The number of carbonyl (C=O) groups is 3. The molecule has 1 atom stereocenters. The first-order valence-electron chi connectivity index (χ1n) is 13.8. The van der Waals surface area contributed by atoms with Crippen molar-refractivity contribution in [3.63, 3.8) is 0 Å². The molecule has 0 spiro atoms. The van der Waals surface area contributed by atoms with Crippen LogP contribution in [-0.4, -0.2) is 57.1 Å². The Hall–Kier alpha value is -3.95. The van der Waals surface area contributed by atoms with Gasteiger partial charge in [0.2, 0.25) is 11.8 Å². The summed E-state index contributed by atoms with van der Waals surface area (Å²) in [6.07, 6.45) is 5.53. The van der Waals surface area contributed by atoms with E-state index in [1.165, 1.54) is 17.4 Å². The Morgan fingerprint density at radius 3 is 2.56 bits per heavy atom. The molecule has 1 aliphatic rings. The van der Waals surface area contributed by atoms with Crippen molar-refractivity contribution in [3.8, 4) is 11.4 Å². The number of nitrogens with one attached hydrogen (secondary N) is 2. The van der Waals surface area contributed by atoms with Gasteiger partial charge in [-0.3, -0.25) is 24.0 Å². The topological polar surface area (TPSA) is 116 Å². The predicted octanol–water partition coefficient (Wildman–Crippen LogP) is 4.35. The first kappa shape index (κ1) is 28.1. The number of hydrogen-bond donors (Lipinski definition) is 2. The van der Waals surface area contributed by atoms with Gasteiger partial charge in [0.05, 0.1) is 11.8 Å². The van der Waals surface area contributed by atoms with E-state index >= 15 is 0 Å². The molecule has 2 aromatic heterocycles. The van der Waals surface area contributed by atoms with Crippen molar-refractivity contribution in [2.24, 2.45) is 5.92 Å². The standard InChI is InChI=1S/C29H39N7O3/c1-6-12-30-29(39)26-28(35(13-7-2)20(5)37)33-27(32-26)23-15-31-34(18-23)16-21-14-25(38)36(17-21)24-10-8-22(9-11-24)19(3)4/h8-11,15,18-19,21H,6-7,12-14,16-17H2,1-5H3,(H,30,39)(H,32,33). The summed E-state index contributed by atoms with van der Waals surface area (Å²) >= 11 is 0. The lowest BCUT2D eigenvalue weighted by atomic mass is 10.0. The van der Waals surface area contributed by atoms with Crippen molar-refractivity contribution >= 4 is 29.2 Å². The highest BCUT2D eigenvalue weighted by molar-refractivity contribution is 6.02. The molecule has 39 heavy (non-hydrogen) atoms. The smallest absolute Gasteiger partial charge is 0.271 e. The van der Waals surface area contributed by atoms with Crippen LogP contribution in [0.25, 0.3) is 11.4 Å². The largest absolute Gasteiger partial charge is 0.351 e. The molecule has 10 heteroatoms. The molecular formula is C29H39N7O3. The second-order valence-electron chi connectivity index (χ2n) is 10.5. The molecule has 1 unspecified atom stereocenters. The summed E-state index contributed by atoms with van der Waals surface area (Å²) in [7, 11) is 0. The lowest BCUT2D eigenvalue weighted by Crippen LogP contribution is -2.33. The van der Waals surface area contributed by atoms with Crippen LogP contribution in [0.4, 0.5) is 11.5 Å². The highest BCUT2D eigenvalue weighted by Gasteiger charge is 2.31. The van der Waals surface area contributed by atoms with Gasteiger partial charge < -0.3 is 15.2 Å². The van der Waals surface area contributed by atoms with Crippen molar-refractivity contribution in [2.75, 3.05) is 29.4 Å². The van der Waals surface area contributed by atoms with E-state index in [4.69, 9.17) is 0 Å². The van der Waals surface area contributed by atoms with E-state index in [9.17, 15) is 14.4 Å². The van der Waals surface area contributed by atoms with Gasteiger partial charge in [-0.1, -0.05) is 39.8 Å². The van der Waals surface area contributed by atoms with E-state index in [0.29, 0.717) is 55.7 Å². The number of rotatable bonds is 11. The zero-order valence-electron chi connectivity index (χ0n) is 23.5. The summed E-state index contributed by atoms with van der Waals surface area (Å²) in [5, 5.41) is 7.37. The Bertz CT molecular complexity index is 1310. The number of aromatic nitrogens is 4. The van der Waals surface area contributed by atoms with Gasteiger partial charge in [-0.2, -0.15) is 5.10 Å². The maximum Gasteiger partial charge on any atom is 0.271 e. The third kappa shape index (κ3) is 6.38. The molecule has 3 amide bonds. The lowest BCUT2D eigenvalue weighted by molar-refractivity contribution is -0.117. The second-order valence-corrected chi connectivity index (χ2v) is 10.5. The van der Waals surface area contributed by atoms with Crippen LogP contribution in [0.1, 0.15) is 75.9 Å². The maximum atomic E-state index is 12.9. The molecule has 0 saturated carbocycles. The fourth-order valence-corrected chi connectivity index (χ4v) is 4.86.